The number of primary amides is 1. The van der Waals surface area contributed by atoms with Crippen LogP contribution < -0.4 is 10.5 Å². The molecule has 0 radical (unpaired) electrons. The molecule has 0 saturated carbocycles. The van der Waals surface area contributed by atoms with Gasteiger partial charge in [0.25, 0.3) is 5.91 Å². The number of thioether (sulfide) groups is 1. The highest BCUT2D eigenvalue weighted by molar-refractivity contribution is 7.98. The van der Waals surface area contributed by atoms with E-state index in [1.165, 1.54) is 0 Å². The first-order valence-electron chi connectivity index (χ1n) is 4.58. The SMILES string of the molecule is CSc1ccc(OC(C)(C)C(N)=O)cc1. The summed E-state index contributed by atoms with van der Waals surface area (Å²) in [7, 11) is 0. The van der Waals surface area contributed by atoms with Crippen LogP contribution in [0.5, 0.6) is 5.75 Å². The highest BCUT2D eigenvalue weighted by atomic mass is 32.2. The molecule has 0 aliphatic rings. The molecule has 0 saturated heterocycles. The topological polar surface area (TPSA) is 52.3 Å². The van der Waals surface area contributed by atoms with Crippen molar-refractivity contribution in [1.82, 2.24) is 0 Å². The summed E-state index contributed by atoms with van der Waals surface area (Å²) < 4.78 is 5.48. The fourth-order valence-corrected chi connectivity index (χ4v) is 1.40. The van der Waals surface area contributed by atoms with Crippen molar-refractivity contribution in [3.05, 3.63) is 24.3 Å². The van der Waals surface area contributed by atoms with Crippen molar-refractivity contribution in [2.24, 2.45) is 5.73 Å². The third-order valence-electron chi connectivity index (χ3n) is 2.03. The Morgan fingerprint density at radius 1 is 1.33 bits per heavy atom. The van der Waals surface area contributed by atoms with Gasteiger partial charge in [0, 0.05) is 4.90 Å². The molecule has 0 spiro atoms. The van der Waals surface area contributed by atoms with Crippen LogP contribution in [0.3, 0.4) is 0 Å². The van der Waals surface area contributed by atoms with E-state index in [0.717, 1.165) is 4.90 Å². The summed E-state index contributed by atoms with van der Waals surface area (Å²) >= 11 is 1.65. The molecule has 1 amide bonds. The van der Waals surface area contributed by atoms with Gasteiger partial charge in [-0.05, 0) is 44.4 Å². The maximum Gasteiger partial charge on any atom is 0.261 e. The lowest BCUT2D eigenvalue weighted by Crippen LogP contribution is -2.43. The van der Waals surface area contributed by atoms with E-state index in [0.29, 0.717) is 5.75 Å². The molecular formula is C11H15NO2S. The Bertz CT molecular complexity index is 346. The van der Waals surface area contributed by atoms with Crippen molar-refractivity contribution in [3.8, 4) is 5.75 Å². The molecule has 2 N–H and O–H groups in total. The van der Waals surface area contributed by atoms with E-state index in [4.69, 9.17) is 10.5 Å². The van der Waals surface area contributed by atoms with E-state index in [-0.39, 0.29) is 0 Å². The van der Waals surface area contributed by atoms with Crippen molar-refractivity contribution in [1.29, 1.82) is 0 Å². The van der Waals surface area contributed by atoms with Gasteiger partial charge in [-0.25, -0.2) is 0 Å². The predicted octanol–water partition coefficient (Wildman–Crippen LogP) is 2.05. The van der Waals surface area contributed by atoms with E-state index in [1.54, 1.807) is 25.6 Å². The number of benzene rings is 1. The van der Waals surface area contributed by atoms with Gasteiger partial charge in [0.05, 0.1) is 0 Å². The molecule has 4 heteroatoms. The number of rotatable bonds is 4. The number of hydrogen-bond acceptors (Lipinski definition) is 3. The Balaban J connectivity index is 2.77. The largest absolute Gasteiger partial charge is 0.478 e. The predicted molar refractivity (Wildman–Crippen MR) is 62.1 cm³/mol. The Kier molecular flexibility index (Phi) is 3.63. The molecule has 0 bridgehead atoms. The summed E-state index contributed by atoms with van der Waals surface area (Å²) in [6.07, 6.45) is 2.00. The minimum atomic E-state index is -0.971. The van der Waals surface area contributed by atoms with Crippen molar-refractivity contribution in [2.75, 3.05) is 6.26 Å². The third-order valence-corrected chi connectivity index (χ3v) is 2.77. The molecule has 0 atom stereocenters. The summed E-state index contributed by atoms with van der Waals surface area (Å²) in [5.74, 6) is 0.174. The van der Waals surface area contributed by atoms with E-state index < -0.39 is 11.5 Å². The summed E-state index contributed by atoms with van der Waals surface area (Å²) in [4.78, 5) is 12.2. The third kappa shape index (κ3) is 3.16. The maximum atomic E-state index is 11.0. The van der Waals surface area contributed by atoms with Gasteiger partial charge in [0.15, 0.2) is 5.60 Å². The quantitative estimate of drug-likeness (QED) is 0.798. The highest BCUT2D eigenvalue weighted by Crippen LogP contribution is 2.22. The molecule has 1 aromatic carbocycles. The van der Waals surface area contributed by atoms with Crippen molar-refractivity contribution in [3.63, 3.8) is 0 Å². The second kappa shape index (κ2) is 4.57. The Hall–Kier alpha value is -1.16. The zero-order chi connectivity index (χ0) is 11.5. The van der Waals surface area contributed by atoms with Crippen LogP contribution in [-0.4, -0.2) is 17.8 Å². The first-order valence-corrected chi connectivity index (χ1v) is 5.81. The summed E-state index contributed by atoms with van der Waals surface area (Å²) in [5.41, 5.74) is 4.23. The minimum absolute atomic E-state index is 0.476. The average Bonchev–Trinajstić information content (AvgIpc) is 2.18. The van der Waals surface area contributed by atoms with Crippen LogP contribution in [0.25, 0.3) is 0 Å². The molecule has 0 aliphatic carbocycles. The first-order chi connectivity index (χ1) is 6.95. The lowest BCUT2D eigenvalue weighted by molar-refractivity contribution is -0.130. The first kappa shape index (κ1) is 11.9. The Morgan fingerprint density at radius 2 is 1.87 bits per heavy atom. The Morgan fingerprint density at radius 3 is 2.27 bits per heavy atom. The number of carbonyl (C=O) groups excluding carboxylic acids is 1. The van der Waals surface area contributed by atoms with E-state index in [1.807, 2.05) is 30.5 Å². The molecule has 0 fully saturated rings. The number of nitrogens with two attached hydrogens (primary N) is 1. The van der Waals surface area contributed by atoms with Crippen molar-refractivity contribution in [2.45, 2.75) is 24.3 Å². The van der Waals surface area contributed by atoms with Gasteiger partial charge in [-0.2, -0.15) is 0 Å². The molecular weight excluding hydrogens is 210 g/mol. The summed E-state index contributed by atoms with van der Waals surface area (Å²) in [5, 5.41) is 0. The molecule has 0 aromatic heterocycles. The molecule has 3 nitrogen and oxygen atoms in total. The molecule has 0 unspecified atom stereocenters. The zero-order valence-corrected chi connectivity index (χ0v) is 9.93. The lowest BCUT2D eigenvalue weighted by Gasteiger charge is -2.22. The van der Waals surface area contributed by atoms with Gasteiger partial charge in [-0.15, -0.1) is 11.8 Å². The average molecular weight is 225 g/mol. The van der Waals surface area contributed by atoms with Gasteiger partial charge < -0.3 is 10.5 Å². The second-order valence-electron chi connectivity index (χ2n) is 3.65. The fourth-order valence-electron chi connectivity index (χ4n) is 0.989. The van der Waals surface area contributed by atoms with E-state index in [2.05, 4.69) is 0 Å². The van der Waals surface area contributed by atoms with Crippen molar-refractivity contribution < 1.29 is 9.53 Å². The lowest BCUT2D eigenvalue weighted by atomic mass is 10.1. The van der Waals surface area contributed by atoms with Crippen LogP contribution in [0, 0.1) is 0 Å². The second-order valence-corrected chi connectivity index (χ2v) is 4.53. The van der Waals surface area contributed by atoms with Crippen LogP contribution >= 0.6 is 11.8 Å². The fraction of sp³-hybridized carbons (Fsp3) is 0.364. The normalized spacial score (nSPS) is 11.1. The highest BCUT2D eigenvalue weighted by Gasteiger charge is 2.26. The molecule has 1 rings (SSSR count). The van der Waals surface area contributed by atoms with E-state index >= 15 is 0 Å². The van der Waals surface area contributed by atoms with Gasteiger partial charge >= 0.3 is 0 Å². The summed E-state index contributed by atoms with van der Waals surface area (Å²) in [6.45, 7) is 3.30. The van der Waals surface area contributed by atoms with Gasteiger partial charge in [-0.1, -0.05) is 0 Å². The van der Waals surface area contributed by atoms with Crippen LogP contribution in [0.1, 0.15) is 13.8 Å². The number of ether oxygens (including phenoxy) is 1. The molecule has 0 aliphatic heterocycles. The van der Waals surface area contributed by atoms with Crippen LogP contribution in [-0.2, 0) is 4.79 Å². The van der Waals surface area contributed by atoms with Crippen LogP contribution in [0.15, 0.2) is 29.2 Å². The summed E-state index contributed by atoms with van der Waals surface area (Å²) in [6, 6.07) is 7.54. The molecule has 82 valence electrons. The number of amides is 1. The van der Waals surface area contributed by atoms with Crippen molar-refractivity contribution >= 4 is 17.7 Å². The maximum absolute atomic E-state index is 11.0. The monoisotopic (exact) mass is 225 g/mol. The molecule has 15 heavy (non-hydrogen) atoms. The van der Waals surface area contributed by atoms with Gasteiger partial charge in [-0.3, -0.25) is 4.79 Å². The van der Waals surface area contributed by atoms with Crippen LogP contribution in [0.2, 0.25) is 0 Å². The minimum Gasteiger partial charge on any atom is -0.478 e. The molecule has 1 aromatic rings. The zero-order valence-electron chi connectivity index (χ0n) is 9.11. The van der Waals surface area contributed by atoms with Gasteiger partial charge in [0.2, 0.25) is 0 Å². The Labute approximate surface area is 94.0 Å². The standard InChI is InChI=1S/C11H15NO2S/c1-11(2,10(12)13)14-8-4-6-9(15-3)7-5-8/h4-7H,1-3H3,(H2,12,13). The van der Waals surface area contributed by atoms with Gasteiger partial charge in [0.1, 0.15) is 5.75 Å². The molecule has 0 heterocycles. The number of hydrogen-bond donors (Lipinski definition) is 1. The van der Waals surface area contributed by atoms with E-state index in [9.17, 15) is 4.79 Å². The van der Waals surface area contributed by atoms with Crippen LogP contribution in [0.4, 0.5) is 0 Å². The number of carbonyl (C=O) groups is 1. The smallest absolute Gasteiger partial charge is 0.261 e.